The fourth-order valence-electron chi connectivity index (χ4n) is 1.73. The fraction of sp³-hybridized carbons (Fsp3) is 0.462. The molecule has 0 saturated heterocycles. The molecule has 0 aliphatic carbocycles. The van der Waals surface area contributed by atoms with Gasteiger partial charge in [0.05, 0.1) is 12.7 Å². The van der Waals surface area contributed by atoms with Gasteiger partial charge in [-0.05, 0) is 12.6 Å². The molecule has 0 radical (unpaired) electrons. The van der Waals surface area contributed by atoms with Crippen molar-refractivity contribution in [3.63, 3.8) is 0 Å². The van der Waals surface area contributed by atoms with Crippen LogP contribution in [0.5, 0.6) is 0 Å². The van der Waals surface area contributed by atoms with E-state index in [-0.39, 0.29) is 13.0 Å². The molecule has 0 aliphatic rings. The lowest BCUT2D eigenvalue weighted by Crippen LogP contribution is -2.40. The van der Waals surface area contributed by atoms with Gasteiger partial charge in [0, 0.05) is 6.42 Å². The van der Waals surface area contributed by atoms with E-state index >= 15 is 0 Å². The number of nitrogens with one attached hydrogen (secondary N) is 1. The van der Waals surface area contributed by atoms with Crippen LogP contribution in [0.3, 0.4) is 0 Å². The van der Waals surface area contributed by atoms with E-state index in [1.54, 1.807) is 37.4 Å². The first-order valence-corrected chi connectivity index (χ1v) is 5.74. The van der Waals surface area contributed by atoms with Crippen molar-refractivity contribution >= 4 is 0 Å². The molecule has 0 amide bonds. The minimum Gasteiger partial charge on any atom is -0.372 e. The minimum atomic E-state index is -4.35. The van der Waals surface area contributed by atoms with Crippen LogP contribution in [0.15, 0.2) is 30.3 Å². The molecule has 1 aromatic carbocycles. The highest BCUT2D eigenvalue weighted by Crippen LogP contribution is 2.24. The summed E-state index contributed by atoms with van der Waals surface area (Å²) in [7, 11) is 1.60. The molecule has 3 nitrogen and oxygen atoms in total. The van der Waals surface area contributed by atoms with Crippen molar-refractivity contribution in [2.24, 2.45) is 0 Å². The first kappa shape index (κ1) is 15.5. The van der Waals surface area contributed by atoms with E-state index in [2.05, 4.69) is 16.1 Å². The molecule has 0 heterocycles. The van der Waals surface area contributed by atoms with Crippen LogP contribution in [0.1, 0.15) is 12.0 Å². The Labute approximate surface area is 110 Å². The third-order valence-electron chi connectivity index (χ3n) is 2.77. The molecule has 6 heteroatoms. The first-order valence-electron chi connectivity index (χ1n) is 5.74. The predicted molar refractivity (Wildman–Crippen MR) is 64.3 cm³/mol. The standard InChI is InChI=1S/C13H15F3N2O/c1-18-12(9-17,11-5-3-2-4-6-11)7-8-19-10-13(14,15)16/h2-6,18H,7-8,10H2,1H3. The maximum Gasteiger partial charge on any atom is 0.411 e. The minimum absolute atomic E-state index is 0.139. The smallest absolute Gasteiger partial charge is 0.372 e. The molecule has 0 aromatic heterocycles. The van der Waals surface area contributed by atoms with E-state index in [0.29, 0.717) is 5.56 Å². The van der Waals surface area contributed by atoms with Gasteiger partial charge in [0.25, 0.3) is 0 Å². The SMILES string of the molecule is CNC(C#N)(CCOCC(F)(F)F)c1ccccc1. The van der Waals surface area contributed by atoms with Gasteiger partial charge < -0.3 is 4.74 Å². The highest BCUT2D eigenvalue weighted by atomic mass is 19.4. The molecule has 1 aromatic rings. The number of rotatable bonds is 6. The lowest BCUT2D eigenvalue weighted by atomic mass is 9.88. The summed E-state index contributed by atoms with van der Waals surface area (Å²) in [6.07, 6.45) is -4.21. The Kier molecular flexibility index (Phi) is 5.33. The molecule has 0 spiro atoms. The summed E-state index contributed by atoms with van der Waals surface area (Å²) in [6.45, 7) is -1.45. The number of hydrogen-bond donors (Lipinski definition) is 1. The Morgan fingerprint density at radius 1 is 1.26 bits per heavy atom. The highest BCUT2D eigenvalue weighted by molar-refractivity contribution is 5.31. The van der Waals surface area contributed by atoms with E-state index in [9.17, 15) is 18.4 Å². The molecule has 1 rings (SSSR count). The molecular weight excluding hydrogens is 257 g/mol. The van der Waals surface area contributed by atoms with Gasteiger partial charge in [0.1, 0.15) is 12.1 Å². The average molecular weight is 272 g/mol. The van der Waals surface area contributed by atoms with Gasteiger partial charge in [0.2, 0.25) is 0 Å². The molecule has 0 saturated carbocycles. The number of halogens is 3. The summed E-state index contributed by atoms with van der Waals surface area (Å²) < 4.78 is 40.4. The molecule has 1 atom stereocenters. The quantitative estimate of drug-likeness (QED) is 0.810. The summed E-state index contributed by atoms with van der Waals surface area (Å²) in [4.78, 5) is 0. The van der Waals surface area contributed by atoms with Crippen molar-refractivity contribution in [3.8, 4) is 6.07 Å². The van der Waals surface area contributed by atoms with Crippen molar-refractivity contribution in [2.75, 3.05) is 20.3 Å². The summed E-state index contributed by atoms with van der Waals surface area (Å²) >= 11 is 0. The van der Waals surface area contributed by atoms with Crippen LogP contribution < -0.4 is 5.32 Å². The number of ether oxygens (including phenoxy) is 1. The van der Waals surface area contributed by atoms with Crippen LogP contribution in [0.2, 0.25) is 0 Å². The molecular formula is C13H15F3N2O. The lowest BCUT2D eigenvalue weighted by molar-refractivity contribution is -0.174. The summed E-state index contributed by atoms with van der Waals surface area (Å²) in [6, 6.07) is 11.0. The van der Waals surface area contributed by atoms with Gasteiger partial charge in [-0.2, -0.15) is 18.4 Å². The zero-order valence-electron chi connectivity index (χ0n) is 10.5. The van der Waals surface area contributed by atoms with Crippen molar-refractivity contribution in [1.29, 1.82) is 5.26 Å². The zero-order valence-corrected chi connectivity index (χ0v) is 10.5. The normalized spacial score (nSPS) is 14.7. The maximum atomic E-state index is 12.0. The van der Waals surface area contributed by atoms with Crippen LogP contribution in [-0.4, -0.2) is 26.4 Å². The monoisotopic (exact) mass is 272 g/mol. The number of benzene rings is 1. The van der Waals surface area contributed by atoms with Gasteiger partial charge in [-0.15, -0.1) is 0 Å². The van der Waals surface area contributed by atoms with Gasteiger partial charge >= 0.3 is 6.18 Å². The first-order chi connectivity index (χ1) is 8.93. The molecule has 0 aliphatic heterocycles. The van der Waals surface area contributed by atoms with Gasteiger partial charge in [-0.1, -0.05) is 30.3 Å². The third kappa shape index (κ3) is 4.54. The Morgan fingerprint density at radius 2 is 1.89 bits per heavy atom. The summed E-state index contributed by atoms with van der Waals surface area (Å²) in [5.74, 6) is 0. The van der Waals surface area contributed by atoms with Crippen LogP contribution in [0.25, 0.3) is 0 Å². The van der Waals surface area contributed by atoms with Crippen molar-refractivity contribution in [3.05, 3.63) is 35.9 Å². The van der Waals surface area contributed by atoms with Crippen LogP contribution >= 0.6 is 0 Å². The molecule has 1 unspecified atom stereocenters. The van der Waals surface area contributed by atoms with E-state index < -0.39 is 18.3 Å². The highest BCUT2D eigenvalue weighted by Gasteiger charge is 2.32. The van der Waals surface area contributed by atoms with Crippen LogP contribution in [0, 0.1) is 11.3 Å². The second-order valence-corrected chi connectivity index (χ2v) is 4.05. The number of hydrogen-bond acceptors (Lipinski definition) is 3. The van der Waals surface area contributed by atoms with Crippen molar-refractivity contribution in [2.45, 2.75) is 18.1 Å². The maximum absolute atomic E-state index is 12.0. The largest absolute Gasteiger partial charge is 0.411 e. The van der Waals surface area contributed by atoms with Crippen LogP contribution in [0.4, 0.5) is 13.2 Å². The van der Waals surface area contributed by atoms with Gasteiger partial charge in [0.15, 0.2) is 0 Å². The molecule has 0 bridgehead atoms. The predicted octanol–water partition coefficient (Wildman–Crippen LogP) is 2.59. The Morgan fingerprint density at radius 3 is 2.37 bits per heavy atom. The molecule has 104 valence electrons. The van der Waals surface area contributed by atoms with E-state index in [1.807, 2.05) is 0 Å². The molecule has 19 heavy (non-hydrogen) atoms. The summed E-state index contributed by atoms with van der Waals surface area (Å²) in [5.41, 5.74) is -0.331. The Bertz CT molecular complexity index is 428. The number of alkyl halides is 3. The van der Waals surface area contributed by atoms with E-state index in [0.717, 1.165) is 0 Å². The van der Waals surface area contributed by atoms with Crippen molar-refractivity contribution < 1.29 is 17.9 Å². The number of nitrogens with zero attached hydrogens (tertiary/aromatic N) is 1. The van der Waals surface area contributed by atoms with Gasteiger partial charge in [-0.25, -0.2) is 0 Å². The topological polar surface area (TPSA) is 45.0 Å². The average Bonchev–Trinajstić information content (AvgIpc) is 2.39. The zero-order chi connectivity index (χ0) is 14.4. The fourth-order valence-corrected chi connectivity index (χ4v) is 1.73. The van der Waals surface area contributed by atoms with Crippen molar-refractivity contribution in [1.82, 2.24) is 5.32 Å². The Hall–Kier alpha value is -1.58. The second kappa shape index (κ2) is 6.55. The van der Waals surface area contributed by atoms with Gasteiger partial charge in [-0.3, -0.25) is 5.32 Å². The second-order valence-electron chi connectivity index (χ2n) is 4.05. The van der Waals surface area contributed by atoms with E-state index in [4.69, 9.17) is 0 Å². The number of nitriles is 1. The Balaban J connectivity index is 2.67. The molecule has 0 fully saturated rings. The van der Waals surface area contributed by atoms with Crippen LogP contribution in [-0.2, 0) is 10.3 Å². The molecule has 1 N–H and O–H groups in total. The lowest BCUT2D eigenvalue weighted by Gasteiger charge is -2.26. The summed E-state index contributed by atoms with van der Waals surface area (Å²) in [5, 5.41) is 12.2. The van der Waals surface area contributed by atoms with E-state index in [1.165, 1.54) is 0 Å². The third-order valence-corrected chi connectivity index (χ3v) is 2.77.